The minimum atomic E-state index is -0.596. The van der Waals surface area contributed by atoms with Gasteiger partial charge in [0, 0.05) is 0 Å². The van der Waals surface area contributed by atoms with Crippen molar-refractivity contribution < 1.29 is 14.3 Å². The first kappa shape index (κ1) is 14.1. The second-order valence-corrected chi connectivity index (χ2v) is 5.77. The molecule has 1 aromatic carbocycles. The third-order valence-electron chi connectivity index (χ3n) is 3.70. The van der Waals surface area contributed by atoms with Gasteiger partial charge in [0.1, 0.15) is 0 Å². The van der Waals surface area contributed by atoms with Gasteiger partial charge in [-0.05, 0) is 44.2 Å². The quantitative estimate of drug-likeness (QED) is 0.781. The summed E-state index contributed by atoms with van der Waals surface area (Å²) < 4.78 is 10.8. The average molecular weight is 262 g/mol. The van der Waals surface area contributed by atoms with Crippen molar-refractivity contribution in [1.82, 2.24) is 0 Å². The smallest absolute Gasteiger partial charge is 0.313 e. The van der Waals surface area contributed by atoms with E-state index in [1.807, 2.05) is 19.9 Å². The molecule has 0 aliphatic heterocycles. The van der Waals surface area contributed by atoms with E-state index in [1.54, 1.807) is 0 Å². The Kier molecular flexibility index (Phi) is 4.25. The van der Waals surface area contributed by atoms with Crippen LogP contribution < -0.4 is 0 Å². The molecule has 0 spiro atoms. The summed E-state index contributed by atoms with van der Waals surface area (Å²) in [5.74, 6) is -0.225. The lowest BCUT2D eigenvalue weighted by molar-refractivity contribution is -0.155. The molecule has 0 fully saturated rings. The molecule has 0 radical (unpaired) electrons. The highest BCUT2D eigenvalue weighted by Gasteiger charge is 2.31. The van der Waals surface area contributed by atoms with Crippen LogP contribution in [0.3, 0.4) is 0 Å². The van der Waals surface area contributed by atoms with Gasteiger partial charge in [-0.1, -0.05) is 24.3 Å². The zero-order valence-corrected chi connectivity index (χ0v) is 11.9. The fraction of sp³-hybridized carbons (Fsp3) is 0.562. The predicted octanol–water partition coefficient (Wildman–Crippen LogP) is 3.28. The Hall–Kier alpha value is -1.35. The first-order valence-electron chi connectivity index (χ1n) is 6.82. The van der Waals surface area contributed by atoms with Crippen LogP contribution >= 0.6 is 0 Å². The molecule has 1 aromatic rings. The monoisotopic (exact) mass is 262 g/mol. The Labute approximate surface area is 114 Å². The summed E-state index contributed by atoms with van der Waals surface area (Å²) in [7, 11) is 1.42. The van der Waals surface area contributed by atoms with E-state index in [0.717, 1.165) is 19.3 Å². The summed E-state index contributed by atoms with van der Waals surface area (Å²) in [5.41, 5.74) is 2.05. The molecule has 0 bridgehead atoms. The minimum absolute atomic E-state index is 0.105. The van der Waals surface area contributed by atoms with E-state index in [1.165, 1.54) is 18.2 Å². The van der Waals surface area contributed by atoms with Gasteiger partial charge in [0.25, 0.3) is 0 Å². The van der Waals surface area contributed by atoms with Gasteiger partial charge in [0.05, 0.1) is 25.2 Å². The van der Waals surface area contributed by atoms with Gasteiger partial charge in [0.2, 0.25) is 0 Å². The van der Waals surface area contributed by atoms with E-state index in [-0.39, 0.29) is 12.1 Å². The Balaban J connectivity index is 2.04. The van der Waals surface area contributed by atoms with Crippen LogP contribution in [0.1, 0.15) is 43.9 Å². The highest BCUT2D eigenvalue weighted by Crippen LogP contribution is 2.33. The average Bonchev–Trinajstić information content (AvgIpc) is 2.44. The van der Waals surface area contributed by atoms with Crippen LogP contribution in [-0.4, -0.2) is 19.7 Å². The molecular weight excluding hydrogens is 240 g/mol. The molecule has 0 saturated heterocycles. The van der Waals surface area contributed by atoms with Crippen molar-refractivity contribution in [3.63, 3.8) is 0 Å². The maximum Gasteiger partial charge on any atom is 0.313 e. The number of carbonyl (C=O) groups excluding carboxylic acids is 1. The van der Waals surface area contributed by atoms with Crippen LogP contribution in [-0.2, 0) is 20.7 Å². The lowest BCUT2D eigenvalue weighted by Crippen LogP contribution is -2.32. The van der Waals surface area contributed by atoms with Gasteiger partial charge in [-0.2, -0.15) is 0 Å². The van der Waals surface area contributed by atoms with Crippen LogP contribution in [0.15, 0.2) is 24.3 Å². The Morgan fingerprint density at radius 1 is 1.37 bits per heavy atom. The van der Waals surface area contributed by atoms with E-state index in [4.69, 9.17) is 9.47 Å². The largest absolute Gasteiger partial charge is 0.469 e. The third-order valence-corrected chi connectivity index (χ3v) is 3.70. The molecule has 3 nitrogen and oxygen atoms in total. The van der Waals surface area contributed by atoms with Gasteiger partial charge in [-0.3, -0.25) is 4.79 Å². The molecule has 3 heteroatoms. The zero-order chi connectivity index (χ0) is 13.9. The molecule has 1 aliphatic rings. The van der Waals surface area contributed by atoms with Crippen molar-refractivity contribution in [3.8, 4) is 0 Å². The first-order valence-corrected chi connectivity index (χ1v) is 6.82. The molecule has 1 atom stereocenters. The number of carbonyl (C=O) groups is 1. The molecule has 0 amide bonds. The molecule has 1 unspecified atom stereocenters. The van der Waals surface area contributed by atoms with E-state index in [0.29, 0.717) is 6.61 Å². The Morgan fingerprint density at radius 3 is 2.84 bits per heavy atom. The fourth-order valence-corrected chi connectivity index (χ4v) is 2.53. The molecule has 0 heterocycles. The van der Waals surface area contributed by atoms with Gasteiger partial charge in [0.15, 0.2) is 0 Å². The molecular formula is C16H22O3. The molecule has 0 N–H and O–H groups in total. The maximum atomic E-state index is 11.6. The summed E-state index contributed by atoms with van der Waals surface area (Å²) in [6, 6.07) is 8.41. The van der Waals surface area contributed by atoms with E-state index in [9.17, 15) is 4.79 Å². The number of methoxy groups -OCH3 is 1. The highest BCUT2D eigenvalue weighted by molar-refractivity contribution is 5.75. The number of hydrogen-bond donors (Lipinski definition) is 0. The summed E-state index contributed by atoms with van der Waals surface area (Å²) in [6.45, 7) is 4.10. The molecule has 104 valence electrons. The van der Waals surface area contributed by atoms with Crippen LogP contribution in [0.5, 0.6) is 0 Å². The summed E-state index contributed by atoms with van der Waals surface area (Å²) in [5, 5.41) is 0. The normalized spacial score (nSPS) is 18.8. The zero-order valence-electron chi connectivity index (χ0n) is 11.9. The number of aryl methyl sites for hydroxylation is 1. The van der Waals surface area contributed by atoms with Crippen molar-refractivity contribution in [1.29, 1.82) is 0 Å². The van der Waals surface area contributed by atoms with E-state index in [2.05, 4.69) is 18.2 Å². The van der Waals surface area contributed by atoms with Crippen molar-refractivity contribution in [3.05, 3.63) is 35.4 Å². The number of ether oxygens (including phenoxy) is 2. The topological polar surface area (TPSA) is 35.5 Å². The van der Waals surface area contributed by atoms with Crippen LogP contribution in [0.25, 0.3) is 0 Å². The fourth-order valence-electron chi connectivity index (χ4n) is 2.53. The van der Waals surface area contributed by atoms with Gasteiger partial charge in [-0.15, -0.1) is 0 Å². The van der Waals surface area contributed by atoms with E-state index < -0.39 is 5.41 Å². The van der Waals surface area contributed by atoms with Crippen LogP contribution in [0, 0.1) is 5.41 Å². The second kappa shape index (κ2) is 5.74. The number of hydrogen-bond acceptors (Lipinski definition) is 3. The van der Waals surface area contributed by atoms with Crippen molar-refractivity contribution in [2.45, 2.75) is 39.2 Å². The number of benzene rings is 1. The number of esters is 1. The van der Waals surface area contributed by atoms with Crippen LogP contribution in [0.2, 0.25) is 0 Å². The molecule has 0 saturated carbocycles. The second-order valence-electron chi connectivity index (χ2n) is 5.77. The molecule has 19 heavy (non-hydrogen) atoms. The van der Waals surface area contributed by atoms with Gasteiger partial charge >= 0.3 is 5.97 Å². The van der Waals surface area contributed by atoms with Gasteiger partial charge < -0.3 is 9.47 Å². The lowest BCUT2D eigenvalue weighted by atomic mass is 9.89. The molecule has 1 aliphatic carbocycles. The first-order chi connectivity index (χ1) is 9.04. The standard InChI is InChI=1S/C16H22O3/c1-16(2,15(17)18-3)11-19-14-10-6-8-12-7-4-5-9-13(12)14/h4-5,7,9,14H,6,8,10-11H2,1-3H3. The van der Waals surface area contributed by atoms with Crippen molar-refractivity contribution in [2.24, 2.45) is 5.41 Å². The van der Waals surface area contributed by atoms with Crippen LogP contribution in [0.4, 0.5) is 0 Å². The highest BCUT2D eigenvalue weighted by atomic mass is 16.5. The Bertz CT molecular complexity index is 451. The van der Waals surface area contributed by atoms with E-state index >= 15 is 0 Å². The van der Waals surface area contributed by atoms with Gasteiger partial charge in [-0.25, -0.2) is 0 Å². The van der Waals surface area contributed by atoms with Crippen molar-refractivity contribution in [2.75, 3.05) is 13.7 Å². The molecule has 0 aromatic heterocycles. The third kappa shape index (κ3) is 3.16. The minimum Gasteiger partial charge on any atom is -0.469 e. The predicted molar refractivity (Wildman–Crippen MR) is 73.9 cm³/mol. The summed E-state index contributed by atoms with van der Waals surface area (Å²) in [6.07, 6.45) is 3.39. The molecule has 2 rings (SSSR count). The number of fused-ring (bicyclic) bond motifs is 1. The summed E-state index contributed by atoms with van der Waals surface area (Å²) >= 11 is 0. The SMILES string of the molecule is COC(=O)C(C)(C)COC1CCCc2ccccc21. The lowest BCUT2D eigenvalue weighted by Gasteiger charge is -2.29. The number of rotatable bonds is 4. The maximum absolute atomic E-state index is 11.6. The summed E-state index contributed by atoms with van der Waals surface area (Å²) in [4.78, 5) is 11.6. The van der Waals surface area contributed by atoms with Crippen molar-refractivity contribution >= 4 is 5.97 Å². The Morgan fingerprint density at radius 2 is 2.11 bits per heavy atom.